The Labute approximate surface area is 102 Å². The van der Waals surface area contributed by atoms with Crippen LogP contribution in [0.2, 0.25) is 0 Å². The van der Waals surface area contributed by atoms with E-state index in [4.69, 9.17) is 16.9 Å². The van der Waals surface area contributed by atoms with Crippen LogP contribution in [0, 0.1) is 15.0 Å². The highest BCUT2D eigenvalue weighted by Gasteiger charge is 2.20. The molecule has 0 N–H and O–H groups in total. The minimum Gasteiger partial charge on any atom is -0.274 e. The Morgan fingerprint density at radius 1 is 1.67 bits per heavy atom. The minimum absolute atomic E-state index is 0.0920. The van der Waals surface area contributed by atoms with Crippen LogP contribution in [0.3, 0.4) is 0 Å². The number of pyridine rings is 1. The number of hydrogen-bond acceptors (Lipinski definition) is 3. The fourth-order valence-electron chi connectivity index (χ4n) is 0.925. The van der Waals surface area contributed by atoms with Crippen LogP contribution in [0.1, 0.15) is 28.0 Å². The van der Waals surface area contributed by atoms with Gasteiger partial charge < -0.3 is 0 Å². The van der Waals surface area contributed by atoms with Gasteiger partial charge in [-0.3, -0.25) is 4.79 Å². The molecular formula is C8H2ClF2IN2O. The van der Waals surface area contributed by atoms with Crippen LogP contribution in [-0.2, 0) is 0 Å². The van der Waals surface area contributed by atoms with Crippen molar-refractivity contribution in [2.24, 2.45) is 0 Å². The molecule has 1 aromatic heterocycles. The van der Waals surface area contributed by atoms with Crippen molar-refractivity contribution in [3.05, 3.63) is 26.6 Å². The van der Waals surface area contributed by atoms with Crippen LogP contribution in [-0.4, -0.2) is 10.2 Å². The lowest BCUT2D eigenvalue weighted by atomic mass is 10.1. The molecule has 0 saturated heterocycles. The first-order valence-corrected chi connectivity index (χ1v) is 5.01. The summed E-state index contributed by atoms with van der Waals surface area (Å²) in [6.07, 6.45) is -2.81. The molecule has 0 saturated carbocycles. The second kappa shape index (κ2) is 4.81. The first-order chi connectivity index (χ1) is 6.97. The molecule has 0 unspecified atom stereocenters. The molecule has 0 aromatic carbocycles. The lowest BCUT2D eigenvalue weighted by molar-refractivity contribution is 0.107. The molecule has 0 aliphatic carbocycles. The topological polar surface area (TPSA) is 53.8 Å². The number of carbonyl (C=O) groups is 1. The fourth-order valence-corrected chi connectivity index (χ4v) is 1.81. The number of nitriles is 1. The molecule has 0 radical (unpaired) electrons. The van der Waals surface area contributed by atoms with Crippen molar-refractivity contribution in [1.29, 1.82) is 5.26 Å². The molecule has 0 fully saturated rings. The predicted molar refractivity (Wildman–Crippen MR) is 56.8 cm³/mol. The molecule has 3 nitrogen and oxygen atoms in total. The molecule has 0 spiro atoms. The van der Waals surface area contributed by atoms with Gasteiger partial charge in [0.15, 0.2) is 0 Å². The van der Waals surface area contributed by atoms with Gasteiger partial charge in [-0.25, -0.2) is 13.8 Å². The summed E-state index contributed by atoms with van der Waals surface area (Å²) < 4.78 is 24.9. The Hall–Kier alpha value is -0.810. The normalized spacial score (nSPS) is 10.1. The lowest BCUT2D eigenvalue weighted by Crippen LogP contribution is -2.04. The number of halogens is 4. The van der Waals surface area contributed by atoms with Crippen LogP contribution in [0.15, 0.2) is 6.07 Å². The lowest BCUT2D eigenvalue weighted by Gasteiger charge is -2.05. The molecule has 1 heterocycles. The third-order valence-corrected chi connectivity index (χ3v) is 2.57. The Kier molecular flexibility index (Phi) is 3.93. The molecule has 78 valence electrons. The van der Waals surface area contributed by atoms with Gasteiger partial charge in [-0.15, -0.1) is 0 Å². The highest BCUT2D eigenvalue weighted by atomic mass is 127. The van der Waals surface area contributed by atoms with Gasteiger partial charge in [0.25, 0.3) is 11.7 Å². The number of alkyl halides is 2. The molecule has 0 aliphatic heterocycles. The van der Waals surface area contributed by atoms with E-state index in [1.807, 2.05) is 0 Å². The molecular weight excluding hydrogens is 340 g/mol. The van der Waals surface area contributed by atoms with E-state index >= 15 is 0 Å². The van der Waals surface area contributed by atoms with E-state index < -0.39 is 17.2 Å². The highest BCUT2D eigenvalue weighted by molar-refractivity contribution is 14.1. The van der Waals surface area contributed by atoms with Crippen molar-refractivity contribution in [3.8, 4) is 6.07 Å². The summed E-state index contributed by atoms with van der Waals surface area (Å²) in [6, 6.07) is 2.53. The first-order valence-electron chi connectivity index (χ1n) is 3.56. The third-order valence-electron chi connectivity index (χ3n) is 1.55. The van der Waals surface area contributed by atoms with Crippen LogP contribution in [0.5, 0.6) is 0 Å². The van der Waals surface area contributed by atoms with Gasteiger partial charge in [0.05, 0.1) is 17.2 Å². The Bertz CT molecular complexity index is 459. The number of hydrogen-bond donors (Lipinski definition) is 0. The van der Waals surface area contributed by atoms with Crippen LogP contribution in [0.25, 0.3) is 0 Å². The molecule has 1 rings (SSSR count). The summed E-state index contributed by atoms with van der Waals surface area (Å²) in [5.74, 6) is 0. The fraction of sp³-hybridized carbons (Fsp3) is 0.125. The van der Waals surface area contributed by atoms with E-state index in [0.717, 1.165) is 6.07 Å². The summed E-state index contributed by atoms with van der Waals surface area (Å²) in [6.45, 7) is 0. The van der Waals surface area contributed by atoms with Gasteiger partial charge in [-0.2, -0.15) is 5.26 Å². The zero-order chi connectivity index (χ0) is 11.6. The Balaban J connectivity index is 3.46. The summed E-state index contributed by atoms with van der Waals surface area (Å²) in [7, 11) is 0. The molecule has 7 heteroatoms. The van der Waals surface area contributed by atoms with Crippen LogP contribution < -0.4 is 0 Å². The van der Waals surface area contributed by atoms with Gasteiger partial charge >= 0.3 is 0 Å². The highest BCUT2D eigenvalue weighted by Crippen LogP contribution is 2.27. The van der Waals surface area contributed by atoms with Gasteiger partial charge in [0.1, 0.15) is 9.39 Å². The first kappa shape index (κ1) is 12.3. The molecule has 0 amide bonds. The van der Waals surface area contributed by atoms with E-state index in [1.165, 1.54) is 22.6 Å². The zero-order valence-electron chi connectivity index (χ0n) is 6.97. The maximum Gasteiger partial charge on any atom is 0.270 e. The van der Waals surface area contributed by atoms with E-state index in [1.54, 1.807) is 6.07 Å². The Morgan fingerprint density at radius 3 is 2.67 bits per heavy atom. The average molecular weight is 342 g/mol. The largest absolute Gasteiger partial charge is 0.274 e. The molecule has 0 bridgehead atoms. The number of aromatic nitrogens is 1. The predicted octanol–water partition coefficient (Wildman–Crippen LogP) is 2.87. The molecule has 0 atom stereocenters. The van der Waals surface area contributed by atoms with Crippen LogP contribution >= 0.6 is 34.2 Å². The summed E-state index contributed by atoms with van der Waals surface area (Å²) in [5, 5.41) is 7.75. The van der Waals surface area contributed by atoms with Crippen molar-refractivity contribution in [2.75, 3.05) is 0 Å². The second-order valence-corrected chi connectivity index (χ2v) is 3.81. The maximum absolute atomic E-state index is 12.5. The molecule has 1 aromatic rings. The second-order valence-electron chi connectivity index (χ2n) is 2.45. The number of carbonyl (C=O) groups excluding carboxylic acids is 1. The van der Waals surface area contributed by atoms with E-state index in [9.17, 15) is 13.6 Å². The smallest absolute Gasteiger partial charge is 0.270 e. The summed E-state index contributed by atoms with van der Waals surface area (Å²) in [5.41, 5.74) is -0.963. The van der Waals surface area contributed by atoms with Gasteiger partial charge in [-0.05, 0) is 40.3 Å². The third kappa shape index (κ3) is 2.60. The number of rotatable bonds is 2. The zero-order valence-corrected chi connectivity index (χ0v) is 9.88. The van der Waals surface area contributed by atoms with Crippen molar-refractivity contribution in [3.63, 3.8) is 0 Å². The van der Waals surface area contributed by atoms with Gasteiger partial charge in [0, 0.05) is 0 Å². The summed E-state index contributed by atoms with van der Waals surface area (Å²) in [4.78, 5) is 14.3. The number of nitrogens with zero attached hydrogens (tertiary/aromatic N) is 2. The summed E-state index contributed by atoms with van der Waals surface area (Å²) >= 11 is 6.66. The van der Waals surface area contributed by atoms with Crippen molar-refractivity contribution in [1.82, 2.24) is 4.98 Å². The van der Waals surface area contributed by atoms with Crippen molar-refractivity contribution >= 4 is 39.4 Å². The molecule has 15 heavy (non-hydrogen) atoms. The van der Waals surface area contributed by atoms with E-state index in [-0.39, 0.29) is 15.0 Å². The van der Waals surface area contributed by atoms with Gasteiger partial charge in [0.2, 0.25) is 0 Å². The van der Waals surface area contributed by atoms with Crippen molar-refractivity contribution < 1.29 is 13.6 Å². The monoisotopic (exact) mass is 342 g/mol. The SMILES string of the molecule is N#Cc1cc(C(=O)Cl)nc(I)c1C(F)F. The van der Waals surface area contributed by atoms with Gasteiger partial charge in [-0.1, -0.05) is 0 Å². The van der Waals surface area contributed by atoms with E-state index in [2.05, 4.69) is 4.98 Å². The minimum atomic E-state index is -2.81. The quantitative estimate of drug-likeness (QED) is 0.472. The average Bonchev–Trinajstić information content (AvgIpc) is 2.15. The standard InChI is InChI=1S/C8H2ClF2IN2O/c9-6(15)4-1-3(2-13)5(7(10)11)8(12)14-4/h1,7H. The maximum atomic E-state index is 12.5. The van der Waals surface area contributed by atoms with E-state index in [0.29, 0.717) is 0 Å². The van der Waals surface area contributed by atoms with Crippen LogP contribution in [0.4, 0.5) is 8.78 Å². The van der Waals surface area contributed by atoms with Crippen molar-refractivity contribution in [2.45, 2.75) is 6.43 Å². The molecule has 0 aliphatic rings. The Morgan fingerprint density at radius 2 is 2.27 bits per heavy atom.